The standard InChI is InChI=1S/C14H24N2/c1-4-6-7-8-11-14(3,5-2)13-10-9-12-15-16-13/h9-10,12H,4-8,11H2,1-3H3. The average molecular weight is 220 g/mol. The number of rotatable bonds is 7. The van der Waals surface area contributed by atoms with Gasteiger partial charge in [-0.3, -0.25) is 0 Å². The van der Waals surface area contributed by atoms with Crippen LogP contribution >= 0.6 is 0 Å². The Morgan fingerprint density at radius 1 is 1.19 bits per heavy atom. The third-order valence-corrected chi connectivity index (χ3v) is 3.55. The van der Waals surface area contributed by atoms with Crippen molar-refractivity contribution in [3.8, 4) is 0 Å². The van der Waals surface area contributed by atoms with Crippen LogP contribution in [0.2, 0.25) is 0 Å². The zero-order chi connectivity index (χ0) is 11.9. The van der Waals surface area contributed by atoms with Crippen molar-refractivity contribution in [3.63, 3.8) is 0 Å². The predicted molar refractivity (Wildman–Crippen MR) is 68.4 cm³/mol. The number of unbranched alkanes of at least 4 members (excludes halogenated alkanes) is 3. The monoisotopic (exact) mass is 220 g/mol. The van der Waals surface area contributed by atoms with Gasteiger partial charge in [-0.25, -0.2) is 0 Å². The third kappa shape index (κ3) is 3.58. The van der Waals surface area contributed by atoms with Gasteiger partial charge in [0.15, 0.2) is 0 Å². The van der Waals surface area contributed by atoms with Gasteiger partial charge in [0.1, 0.15) is 0 Å². The minimum Gasteiger partial charge on any atom is -0.159 e. The van der Waals surface area contributed by atoms with E-state index in [0.717, 1.165) is 12.1 Å². The molecule has 0 saturated heterocycles. The first-order chi connectivity index (χ1) is 7.73. The quantitative estimate of drug-likeness (QED) is 0.646. The minimum absolute atomic E-state index is 0.210. The van der Waals surface area contributed by atoms with Crippen molar-refractivity contribution in [1.82, 2.24) is 10.2 Å². The van der Waals surface area contributed by atoms with Gasteiger partial charge in [-0.15, -0.1) is 0 Å². The molecule has 0 aliphatic heterocycles. The predicted octanol–water partition coefficient (Wildman–Crippen LogP) is 4.11. The third-order valence-electron chi connectivity index (χ3n) is 3.55. The van der Waals surface area contributed by atoms with Crippen LogP contribution in [0.3, 0.4) is 0 Å². The highest BCUT2D eigenvalue weighted by molar-refractivity contribution is 5.12. The van der Waals surface area contributed by atoms with Crippen LogP contribution in [0.5, 0.6) is 0 Å². The lowest BCUT2D eigenvalue weighted by atomic mass is 9.79. The van der Waals surface area contributed by atoms with E-state index < -0.39 is 0 Å². The lowest BCUT2D eigenvalue weighted by Gasteiger charge is -2.27. The van der Waals surface area contributed by atoms with Gasteiger partial charge < -0.3 is 0 Å². The Bertz CT molecular complexity index is 284. The molecule has 90 valence electrons. The molecule has 0 bridgehead atoms. The Morgan fingerprint density at radius 2 is 2.00 bits per heavy atom. The van der Waals surface area contributed by atoms with Crippen molar-refractivity contribution in [2.75, 3.05) is 0 Å². The molecule has 2 heteroatoms. The highest BCUT2D eigenvalue weighted by Crippen LogP contribution is 2.31. The summed E-state index contributed by atoms with van der Waals surface area (Å²) in [5.41, 5.74) is 1.36. The lowest BCUT2D eigenvalue weighted by molar-refractivity contribution is 0.382. The molecule has 1 aromatic heterocycles. The molecule has 16 heavy (non-hydrogen) atoms. The van der Waals surface area contributed by atoms with E-state index in [2.05, 4.69) is 37.0 Å². The summed E-state index contributed by atoms with van der Waals surface area (Å²) in [6.45, 7) is 6.80. The average Bonchev–Trinajstić information content (AvgIpc) is 2.35. The van der Waals surface area contributed by atoms with Crippen LogP contribution in [0.25, 0.3) is 0 Å². The molecule has 0 saturated carbocycles. The van der Waals surface area contributed by atoms with Crippen LogP contribution in [0.4, 0.5) is 0 Å². The van der Waals surface area contributed by atoms with E-state index in [1.54, 1.807) is 6.20 Å². The molecule has 1 atom stereocenters. The molecule has 0 N–H and O–H groups in total. The zero-order valence-corrected chi connectivity index (χ0v) is 10.9. The molecule has 1 heterocycles. The molecule has 0 spiro atoms. The van der Waals surface area contributed by atoms with Crippen molar-refractivity contribution in [2.45, 2.75) is 64.7 Å². The van der Waals surface area contributed by atoms with Crippen molar-refractivity contribution >= 4 is 0 Å². The van der Waals surface area contributed by atoms with Crippen LogP contribution in [0.15, 0.2) is 18.3 Å². The molecule has 1 aromatic rings. The summed E-state index contributed by atoms with van der Waals surface area (Å²) in [6.07, 6.45) is 9.39. The molecule has 0 fully saturated rings. The van der Waals surface area contributed by atoms with Gasteiger partial charge in [-0.1, -0.05) is 46.5 Å². The van der Waals surface area contributed by atoms with E-state index in [4.69, 9.17) is 0 Å². The molecule has 2 nitrogen and oxygen atoms in total. The zero-order valence-electron chi connectivity index (χ0n) is 10.9. The lowest BCUT2D eigenvalue weighted by Crippen LogP contribution is -2.22. The molecule has 0 aromatic carbocycles. The smallest absolute Gasteiger partial charge is 0.0689 e. The molecule has 0 aliphatic carbocycles. The Kier molecular flexibility index (Phi) is 5.44. The van der Waals surface area contributed by atoms with E-state index in [0.29, 0.717) is 0 Å². The summed E-state index contributed by atoms with van der Waals surface area (Å²) < 4.78 is 0. The molecule has 1 rings (SSSR count). The Balaban J connectivity index is 2.56. The van der Waals surface area contributed by atoms with Crippen molar-refractivity contribution < 1.29 is 0 Å². The summed E-state index contributed by atoms with van der Waals surface area (Å²) in [6, 6.07) is 4.10. The maximum Gasteiger partial charge on any atom is 0.0689 e. The highest BCUT2D eigenvalue weighted by atomic mass is 15.1. The highest BCUT2D eigenvalue weighted by Gasteiger charge is 2.25. The Hall–Kier alpha value is -0.920. The first-order valence-electron chi connectivity index (χ1n) is 6.51. The van der Waals surface area contributed by atoms with Crippen LogP contribution in [-0.4, -0.2) is 10.2 Å². The molecular weight excluding hydrogens is 196 g/mol. The van der Waals surface area contributed by atoms with Gasteiger partial charge in [0.05, 0.1) is 5.69 Å². The SMILES string of the molecule is CCCCCCC(C)(CC)c1cccnn1. The number of hydrogen-bond donors (Lipinski definition) is 0. The van der Waals surface area contributed by atoms with E-state index in [1.165, 1.54) is 32.1 Å². The molecular formula is C14H24N2. The summed E-state index contributed by atoms with van der Waals surface area (Å²) in [4.78, 5) is 0. The van der Waals surface area contributed by atoms with Crippen molar-refractivity contribution in [3.05, 3.63) is 24.0 Å². The van der Waals surface area contributed by atoms with Crippen LogP contribution < -0.4 is 0 Å². The number of nitrogens with zero attached hydrogens (tertiary/aromatic N) is 2. The number of aromatic nitrogens is 2. The van der Waals surface area contributed by atoms with E-state index in [-0.39, 0.29) is 5.41 Å². The van der Waals surface area contributed by atoms with Gasteiger partial charge in [0.2, 0.25) is 0 Å². The largest absolute Gasteiger partial charge is 0.159 e. The van der Waals surface area contributed by atoms with Crippen LogP contribution in [-0.2, 0) is 5.41 Å². The number of hydrogen-bond acceptors (Lipinski definition) is 2. The summed E-state index contributed by atoms with van der Waals surface area (Å²) in [5.74, 6) is 0. The topological polar surface area (TPSA) is 25.8 Å². The van der Waals surface area contributed by atoms with Crippen molar-refractivity contribution in [1.29, 1.82) is 0 Å². The fourth-order valence-corrected chi connectivity index (χ4v) is 2.05. The van der Waals surface area contributed by atoms with Crippen LogP contribution in [0, 0.1) is 0 Å². The minimum atomic E-state index is 0.210. The van der Waals surface area contributed by atoms with Gasteiger partial charge in [-0.05, 0) is 25.0 Å². The van der Waals surface area contributed by atoms with Gasteiger partial charge in [-0.2, -0.15) is 10.2 Å². The van der Waals surface area contributed by atoms with Crippen molar-refractivity contribution in [2.24, 2.45) is 0 Å². The second-order valence-electron chi connectivity index (χ2n) is 4.83. The van der Waals surface area contributed by atoms with Gasteiger partial charge in [0, 0.05) is 11.6 Å². The van der Waals surface area contributed by atoms with Gasteiger partial charge in [0.25, 0.3) is 0 Å². The van der Waals surface area contributed by atoms with Crippen LogP contribution in [0.1, 0.15) is 65.0 Å². The summed E-state index contributed by atoms with van der Waals surface area (Å²) >= 11 is 0. The van der Waals surface area contributed by atoms with Gasteiger partial charge >= 0.3 is 0 Å². The normalized spacial score (nSPS) is 14.7. The summed E-state index contributed by atoms with van der Waals surface area (Å²) in [5, 5.41) is 8.26. The molecule has 0 amide bonds. The maximum absolute atomic E-state index is 4.27. The molecule has 0 aliphatic rings. The second kappa shape index (κ2) is 6.62. The molecule has 0 radical (unpaired) electrons. The summed E-state index contributed by atoms with van der Waals surface area (Å²) in [7, 11) is 0. The Morgan fingerprint density at radius 3 is 2.56 bits per heavy atom. The Labute approximate surface area is 99.5 Å². The second-order valence-corrected chi connectivity index (χ2v) is 4.83. The fraction of sp³-hybridized carbons (Fsp3) is 0.714. The maximum atomic E-state index is 4.27. The first-order valence-corrected chi connectivity index (χ1v) is 6.51. The van der Waals surface area contributed by atoms with E-state index >= 15 is 0 Å². The van der Waals surface area contributed by atoms with E-state index in [1.807, 2.05) is 6.07 Å². The first kappa shape index (κ1) is 13.1. The fourth-order valence-electron chi connectivity index (χ4n) is 2.05. The van der Waals surface area contributed by atoms with E-state index in [9.17, 15) is 0 Å². The molecule has 1 unspecified atom stereocenters.